The topological polar surface area (TPSA) is 53.4 Å². The number of aromatic nitrogens is 2. The molecule has 0 aliphatic rings. The standard InChI is InChI=1S/C15H17ClN2O3/c1-10(2)21-15(19)11-5-4-6-13(16)12(11)9-20-14-7-8-18(3)17-14/h4-8,10H,9H2,1-3H3. The van der Waals surface area contributed by atoms with Crippen molar-refractivity contribution >= 4 is 17.6 Å². The minimum atomic E-state index is -0.410. The van der Waals surface area contributed by atoms with Gasteiger partial charge < -0.3 is 9.47 Å². The fourth-order valence-electron chi connectivity index (χ4n) is 1.79. The summed E-state index contributed by atoms with van der Waals surface area (Å²) in [7, 11) is 1.80. The first kappa shape index (κ1) is 15.4. The first-order valence-corrected chi connectivity index (χ1v) is 6.96. The van der Waals surface area contributed by atoms with Gasteiger partial charge in [-0.05, 0) is 26.0 Å². The fourth-order valence-corrected chi connectivity index (χ4v) is 2.02. The number of carbonyl (C=O) groups excluding carboxylic acids is 1. The number of nitrogens with zero attached hydrogens (tertiary/aromatic N) is 2. The van der Waals surface area contributed by atoms with Crippen molar-refractivity contribution in [2.24, 2.45) is 7.05 Å². The van der Waals surface area contributed by atoms with E-state index < -0.39 is 5.97 Å². The second-order valence-electron chi connectivity index (χ2n) is 4.84. The molecule has 0 aliphatic carbocycles. The van der Waals surface area contributed by atoms with Gasteiger partial charge >= 0.3 is 5.97 Å². The Morgan fingerprint density at radius 3 is 2.76 bits per heavy atom. The third-order valence-electron chi connectivity index (χ3n) is 2.74. The number of rotatable bonds is 5. The van der Waals surface area contributed by atoms with Crippen LogP contribution in [0.1, 0.15) is 29.8 Å². The van der Waals surface area contributed by atoms with E-state index in [4.69, 9.17) is 21.1 Å². The Labute approximate surface area is 128 Å². The van der Waals surface area contributed by atoms with Crippen LogP contribution >= 0.6 is 11.6 Å². The Hall–Kier alpha value is -2.01. The smallest absolute Gasteiger partial charge is 0.338 e. The van der Waals surface area contributed by atoms with E-state index in [9.17, 15) is 4.79 Å². The SMILES string of the molecule is CC(C)OC(=O)c1cccc(Cl)c1COc1ccn(C)n1. The average molecular weight is 309 g/mol. The highest BCUT2D eigenvalue weighted by Crippen LogP contribution is 2.23. The fraction of sp³-hybridized carbons (Fsp3) is 0.333. The third-order valence-corrected chi connectivity index (χ3v) is 3.09. The average Bonchev–Trinajstić information content (AvgIpc) is 2.82. The van der Waals surface area contributed by atoms with E-state index in [0.717, 1.165) is 0 Å². The predicted molar refractivity (Wildman–Crippen MR) is 79.5 cm³/mol. The summed E-state index contributed by atoms with van der Waals surface area (Å²) in [5, 5.41) is 4.58. The summed E-state index contributed by atoms with van der Waals surface area (Å²) in [4.78, 5) is 12.1. The molecule has 0 aliphatic heterocycles. The molecule has 0 N–H and O–H groups in total. The molecule has 0 amide bonds. The minimum absolute atomic E-state index is 0.152. The van der Waals surface area contributed by atoms with Crippen molar-refractivity contribution in [3.63, 3.8) is 0 Å². The maximum atomic E-state index is 12.1. The van der Waals surface area contributed by atoms with Crippen LogP contribution in [-0.4, -0.2) is 21.9 Å². The lowest BCUT2D eigenvalue weighted by Gasteiger charge is -2.13. The van der Waals surface area contributed by atoms with Crippen LogP contribution in [-0.2, 0) is 18.4 Å². The van der Waals surface area contributed by atoms with E-state index in [-0.39, 0.29) is 12.7 Å². The number of aryl methyl sites for hydroxylation is 1. The third kappa shape index (κ3) is 3.98. The minimum Gasteiger partial charge on any atom is -0.472 e. The second-order valence-corrected chi connectivity index (χ2v) is 5.24. The van der Waals surface area contributed by atoms with Gasteiger partial charge in [0.2, 0.25) is 5.88 Å². The molecule has 2 rings (SSSR count). The van der Waals surface area contributed by atoms with E-state index in [0.29, 0.717) is 22.0 Å². The largest absolute Gasteiger partial charge is 0.472 e. The molecule has 0 radical (unpaired) electrons. The summed E-state index contributed by atoms with van der Waals surface area (Å²) >= 11 is 6.17. The highest BCUT2D eigenvalue weighted by atomic mass is 35.5. The Bertz CT molecular complexity index is 638. The van der Waals surface area contributed by atoms with E-state index in [1.807, 2.05) is 0 Å². The molecular formula is C15H17ClN2O3. The number of hydrogen-bond donors (Lipinski definition) is 0. The number of carbonyl (C=O) groups is 1. The van der Waals surface area contributed by atoms with Crippen molar-refractivity contribution in [3.05, 3.63) is 46.6 Å². The zero-order valence-corrected chi connectivity index (χ0v) is 12.9. The molecule has 2 aromatic rings. The summed E-state index contributed by atoms with van der Waals surface area (Å²) < 4.78 is 12.4. The molecule has 1 aromatic heterocycles. The number of esters is 1. The van der Waals surface area contributed by atoms with E-state index in [2.05, 4.69) is 5.10 Å². The lowest BCUT2D eigenvalue weighted by Crippen LogP contribution is -2.14. The first-order chi connectivity index (χ1) is 9.97. The maximum absolute atomic E-state index is 12.1. The van der Waals surface area contributed by atoms with E-state index >= 15 is 0 Å². The molecule has 6 heteroatoms. The Morgan fingerprint density at radius 1 is 1.38 bits per heavy atom. The van der Waals surface area contributed by atoms with Crippen LogP contribution in [0.5, 0.6) is 5.88 Å². The lowest BCUT2D eigenvalue weighted by molar-refractivity contribution is 0.0375. The van der Waals surface area contributed by atoms with Crippen molar-refractivity contribution in [1.82, 2.24) is 9.78 Å². The molecule has 5 nitrogen and oxygen atoms in total. The monoisotopic (exact) mass is 308 g/mol. The van der Waals surface area contributed by atoms with Crippen LogP contribution in [0.2, 0.25) is 5.02 Å². The van der Waals surface area contributed by atoms with Gasteiger partial charge in [0.25, 0.3) is 0 Å². The van der Waals surface area contributed by atoms with Gasteiger partial charge in [0, 0.05) is 29.9 Å². The Balaban J connectivity index is 2.19. The van der Waals surface area contributed by atoms with Gasteiger partial charge in [-0.25, -0.2) is 4.79 Å². The molecule has 1 aromatic carbocycles. The van der Waals surface area contributed by atoms with Crippen LogP contribution in [0.25, 0.3) is 0 Å². The van der Waals surface area contributed by atoms with E-state index in [1.54, 1.807) is 56.0 Å². The molecule has 0 bridgehead atoms. The van der Waals surface area contributed by atoms with Gasteiger partial charge in [0.05, 0.1) is 11.7 Å². The van der Waals surface area contributed by atoms with Crippen molar-refractivity contribution < 1.29 is 14.3 Å². The molecule has 0 atom stereocenters. The summed E-state index contributed by atoms with van der Waals surface area (Å²) in [6, 6.07) is 6.84. The predicted octanol–water partition coefficient (Wildman–Crippen LogP) is 3.22. The van der Waals surface area contributed by atoms with Gasteiger partial charge in [0.15, 0.2) is 0 Å². The van der Waals surface area contributed by atoms with Gasteiger partial charge in [0.1, 0.15) is 6.61 Å². The van der Waals surface area contributed by atoms with Gasteiger partial charge in [-0.15, -0.1) is 5.10 Å². The molecule has 0 saturated heterocycles. The zero-order chi connectivity index (χ0) is 15.4. The van der Waals surface area contributed by atoms with Crippen molar-refractivity contribution in [2.75, 3.05) is 0 Å². The van der Waals surface area contributed by atoms with E-state index in [1.165, 1.54) is 0 Å². The normalized spacial score (nSPS) is 10.7. The molecular weight excluding hydrogens is 292 g/mol. The molecule has 112 valence electrons. The molecule has 0 fully saturated rings. The summed E-state index contributed by atoms with van der Waals surface area (Å²) in [6.07, 6.45) is 1.58. The van der Waals surface area contributed by atoms with Crippen molar-refractivity contribution in [1.29, 1.82) is 0 Å². The number of hydrogen-bond acceptors (Lipinski definition) is 4. The van der Waals surface area contributed by atoms with Crippen LogP contribution in [0.4, 0.5) is 0 Å². The molecule has 0 unspecified atom stereocenters. The lowest BCUT2D eigenvalue weighted by atomic mass is 10.1. The highest BCUT2D eigenvalue weighted by Gasteiger charge is 2.17. The Kier molecular flexibility index (Phi) is 4.85. The molecule has 1 heterocycles. The van der Waals surface area contributed by atoms with Crippen molar-refractivity contribution in [2.45, 2.75) is 26.6 Å². The van der Waals surface area contributed by atoms with Crippen LogP contribution < -0.4 is 4.74 Å². The van der Waals surface area contributed by atoms with Gasteiger partial charge in [-0.3, -0.25) is 4.68 Å². The van der Waals surface area contributed by atoms with Crippen LogP contribution in [0.3, 0.4) is 0 Å². The molecule has 0 saturated carbocycles. The van der Waals surface area contributed by atoms with Gasteiger partial charge in [-0.2, -0.15) is 0 Å². The second kappa shape index (κ2) is 6.63. The zero-order valence-electron chi connectivity index (χ0n) is 12.2. The first-order valence-electron chi connectivity index (χ1n) is 6.58. The summed E-state index contributed by atoms with van der Waals surface area (Å²) in [5.41, 5.74) is 1.00. The van der Waals surface area contributed by atoms with Crippen LogP contribution in [0, 0.1) is 0 Å². The Morgan fingerprint density at radius 2 is 2.14 bits per heavy atom. The molecule has 21 heavy (non-hydrogen) atoms. The number of halogens is 1. The summed E-state index contributed by atoms with van der Waals surface area (Å²) in [5.74, 6) is 0.0627. The maximum Gasteiger partial charge on any atom is 0.338 e. The number of benzene rings is 1. The van der Waals surface area contributed by atoms with Crippen LogP contribution in [0.15, 0.2) is 30.5 Å². The molecule has 0 spiro atoms. The number of ether oxygens (including phenoxy) is 2. The van der Waals surface area contributed by atoms with Gasteiger partial charge in [-0.1, -0.05) is 17.7 Å². The summed E-state index contributed by atoms with van der Waals surface area (Å²) in [6.45, 7) is 3.75. The highest BCUT2D eigenvalue weighted by molar-refractivity contribution is 6.31. The van der Waals surface area contributed by atoms with Crippen molar-refractivity contribution in [3.8, 4) is 5.88 Å². The quantitative estimate of drug-likeness (QED) is 0.796.